The lowest BCUT2D eigenvalue weighted by Gasteiger charge is -2.27. The first-order valence-electron chi connectivity index (χ1n) is 11.5. The van der Waals surface area contributed by atoms with Gasteiger partial charge in [-0.3, -0.25) is 29.0 Å². The largest absolute Gasteiger partial charge is 0.356 e. The monoisotopic (exact) mass is 482 g/mol. The van der Waals surface area contributed by atoms with Crippen LogP contribution >= 0.6 is 0 Å². The van der Waals surface area contributed by atoms with E-state index in [1.807, 2.05) is 0 Å². The molecule has 1 aromatic heterocycles. The predicted molar refractivity (Wildman–Crippen MR) is 127 cm³/mol. The van der Waals surface area contributed by atoms with E-state index in [0.29, 0.717) is 24.0 Å². The van der Waals surface area contributed by atoms with E-state index in [1.54, 1.807) is 45.0 Å². The van der Waals surface area contributed by atoms with Gasteiger partial charge in [0.05, 0.1) is 29.8 Å². The molecule has 2 atom stereocenters. The van der Waals surface area contributed by atoms with Crippen molar-refractivity contribution < 1.29 is 24.0 Å². The Kier molecular flexibility index (Phi) is 8.10. The Morgan fingerprint density at radius 1 is 1.14 bits per heavy atom. The zero-order valence-corrected chi connectivity index (χ0v) is 20.0. The van der Waals surface area contributed by atoms with E-state index in [2.05, 4.69) is 31.2 Å². The quantitative estimate of drug-likeness (QED) is 0.392. The maximum absolute atomic E-state index is 12.9. The number of amides is 4. The fourth-order valence-corrected chi connectivity index (χ4v) is 3.70. The average molecular weight is 483 g/mol. The molecule has 2 aromatic rings. The number of hydrogen-bond acceptors (Lipinski definition) is 7. The van der Waals surface area contributed by atoms with Crippen LogP contribution in [-0.2, 0) is 19.2 Å². The van der Waals surface area contributed by atoms with Crippen LogP contribution in [-0.4, -0.2) is 64.1 Å². The number of hydrogen-bond donors (Lipinski definition) is 4. The molecular weight excluding hydrogens is 452 g/mol. The topological polar surface area (TPSA) is 159 Å². The number of para-hydroxylation sites is 2. The molecule has 0 aliphatic carbocycles. The molecule has 3 rings (SSSR count). The molecule has 35 heavy (non-hydrogen) atoms. The van der Waals surface area contributed by atoms with Crippen LogP contribution in [0.5, 0.6) is 0 Å². The number of carbonyl (C=O) groups excluding carboxylic acids is 5. The fraction of sp³-hybridized carbons (Fsp3) is 0.458. The van der Waals surface area contributed by atoms with Crippen molar-refractivity contribution >= 4 is 40.4 Å². The third-order valence-corrected chi connectivity index (χ3v) is 5.37. The number of nitrogens with one attached hydrogen (secondary N) is 4. The molecule has 1 aromatic carbocycles. The Bertz CT molecular complexity index is 1140. The van der Waals surface area contributed by atoms with Gasteiger partial charge in [0.25, 0.3) is 11.8 Å². The van der Waals surface area contributed by atoms with Gasteiger partial charge in [-0.05, 0) is 52.2 Å². The first kappa shape index (κ1) is 25.7. The number of rotatable bonds is 8. The van der Waals surface area contributed by atoms with E-state index in [-0.39, 0.29) is 18.0 Å². The van der Waals surface area contributed by atoms with Crippen molar-refractivity contribution in [2.45, 2.75) is 51.6 Å². The lowest BCUT2D eigenvalue weighted by Crippen LogP contribution is -2.54. The summed E-state index contributed by atoms with van der Waals surface area (Å²) in [6, 6.07) is 5.84. The zero-order valence-electron chi connectivity index (χ0n) is 20.0. The van der Waals surface area contributed by atoms with Crippen molar-refractivity contribution in [3.8, 4) is 0 Å². The number of ketones is 1. The van der Waals surface area contributed by atoms with Gasteiger partial charge in [0.15, 0.2) is 0 Å². The third-order valence-electron chi connectivity index (χ3n) is 5.37. The second kappa shape index (κ2) is 11.0. The van der Waals surface area contributed by atoms with E-state index in [0.717, 1.165) is 6.42 Å². The van der Waals surface area contributed by atoms with Crippen molar-refractivity contribution in [3.63, 3.8) is 0 Å². The van der Waals surface area contributed by atoms with E-state index in [4.69, 9.17) is 0 Å². The van der Waals surface area contributed by atoms with Crippen LogP contribution in [0.4, 0.5) is 0 Å². The Hall–Kier alpha value is -3.89. The summed E-state index contributed by atoms with van der Waals surface area (Å²) in [5, 5.41) is 10.3. The van der Waals surface area contributed by atoms with Crippen LogP contribution in [0.3, 0.4) is 0 Å². The lowest BCUT2D eigenvalue weighted by atomic mass is 9.89. The second-order valence-electron chi connectivity index (χ2n) is 9.48. The molecule has 11 nitrogen and oxygen atoms in total. The molecule has 4 amide bonds. The van der Waals surface area contributed by atoms with Crippen molar-refractivity contribution in [1.29, 1.82) is 0 Å². The highest BCUT2D eigenvalue weighted by Crippen LogP contribution is 2.18. The molecule has 4 N–H and O–H groups in total. The van der Waals surface area contributed by atoms with E-state index in [1.165, 1.54) is 6.20 Å². The SMILES string of the molecule is CC(C)(C)NC(=O)C(=O)[C@H](CC1CCCNC1=O)NC(=O)CNC(=O)c1cnc2ccccc2n1. The number of carbonyl (C=O) groups is 5. The Morgan fingerprint density at radius 3 is 2.54 bits per heavy atom. The van der Waals surface area contributed by atoms with Crippen molar-refractivity contribution in [1.82, 2.24) is 31.2 Å². The van der Waals surface area contributed by atoms with Crippen molar-refractivity contribution in [2.24, 2.45) is 5.92 Å². The predicted octanol–water partition coefficient (Wildman–Crippen LogP) is 0.245. The van der Waals surface area contributed by atoms with E-state index in [9.17, 15) is 24.0 Å². The van der Waals surface area contributed by atoms with Crippen LogP contribution < -0.4 is 21.3 Å². The molecule has 0 saturated carbocycles. The molecule has 1 unspecified atom stereocenters. The Balaban J connectivity index is 1.65. The molecule has 0 bridgehead atoms. The van der Waals surface area contributed by atoms with Gasteiger partial charge >= 0.3 is 0 Å². The fourth-order valence-electron chi connectivity index (χ4n) is 3.70. The summed E-state index contributed by atoms with van der Waals surface area (Å²) in [4.78, 5) is 71.0. The van der Waals surface area contributed by atoms with Gasteiger partial charge in [0, 0.05) is 18.0 Å². The van der Waals surface area contributed by atoms with Crippen LogP contribution in [0.15, 0.2) is 30.5 Å². The second-order valence-corrected chi connectivity index (χ2v) is 9.48. The molecule has 1 aliphatic heterocycles. The number of Topliss-reactive ketones (excluding diaryl/α,β-unsaturated/α-hetero) is 1. The minimum atomic E-state index is -1.21. The molecule has 2 heterocycles. The highest BCUT2D eigenvalue weighted by Gasteiger charge is 2.34. The summed E-state index contributed by atoms with van der Waals surface area (Å²) in [6.45, 7) is 5.28. The average Bonchev–Trinajstić information content (AvgIpc) is 2.81. The minimum Gasteiger partial charge on any atom is -0.356 e. The first-order valence-corrected chi connectivity index (χ1v) is 11.5. The van der Waals surface area contributed by atoms with Crippen LogP contribution in [0.1, 0.15) is 50.5 Å². The molecule has 186 valence electrons. The van der Waals surface area contributed by atoms with Gasteiger partial charge in [-0.15, -0.1) is 0 Å². The number of nitrogens with zero attached hydrogens (tertiary/aromatic N) is 2. The van der Waals surface area contributed by atoms with E-state index < -0.39 is 47.5 Å². The maximum atomic E-state index is 12.9. The maximum Gasteiger partial charge on any atom is 0.290 e. The molecule has 0 radical (unpaired) electrons. The van der Waals surface area contributed by atoms with Crippen molar-refractivity contribution in [2.75, 3.05) is 13.1 Å². The molecule has 1 aliphatic rings. The standard InChI is InChI=1S/C24H30N6O5/c1-24(2,3)30-23(35)20(32)17(11-14-7-6-10-25-21(14)33)29-19(31)13-27-22(34)18-12-26-15-8-4-5-9-16(15)28-18/h4-5,8-9,12,14,17H,6-7,10-11,13H2,1-3H3,(H,25,33)(H,27,34)(H,29,31)(H,30,35)/t14?,17-/m0/s1. The van der Waals surface area contributed by atoms with Gasteiger partial charge in [-0.2, -0.15) is 0 Å². The van der Waals surface area contributed by atoms with Crippen LogP contribution in [0, 0.1) is 5.92 Å². The summed E-state index contributed by atoms with van der Waals surface area (Å²) < 4.78 is 0. The number of aromatic nitrogens is 2. The summed E-state index contributed by atoms with van der Waals surface area (Å²) in [6.07, 6.45) is 2.57. The van der Waals surface area contributed by atoms with Gasteiger partial charge in [-0.25, -0.2) is 4.98 Å². The third kappa shape index (κ3) is 7.29. The molecule has 0 spiro atoms. The normalized spacial score (nSPS) is 16.7. The lowest BCUT2D eigenvalue weighted by molar-refractivity contribution is -0.141. The first-order chi connectivity index (χ1) is 16.5. The Morgan fingerprint density at radius 2 is 1.86 bits per heavy atom. The minimum absolute atomic E-state index is 0.0158. The van der Waals surface area contributed by atoms with E-state index >= 15 is 0 Å². The summed E-state index contributed by atoms with van der Waals surface area (Å²) in [7, 11) is 0. The molecule has 1 saturated heterocycles. The highest BCUT2D eigenvalue weighted by atomic mass is 16.2. The van der Waals surface area contributed by atoms with Crippen molar-refractivity contribution in [3.05, 3.63) is 36.2 Å². The molecular formula is C24H30N6O5. The zero-order chi connectivity index (χ0) is 25.6. The Labute approximate surface area is 202 Å². The summed E-state index contributed by atoms with van der Waals surface area (Å²) in [5.41, 5.74) is 0.542. The van der Waals surface area contributed by atoms with Gasteiger partial charge in [-0.1, -0.05) is 12.1 Å². The van der Waals surface area contributed by atoms with Gasteiger partial charge < -0.3 is 21.3 Å². The summed E-state index contributed by atoms with van der Waals surface area (Å²) in [5.74, 6) is -3.72. The number of benzene rings is 1. The molecule has 11 heteroatoms. The smallest absolute Gasteiger partial charge is 0.290 e. The van der Waals surface area contributed by atoms with Gasteiger partial charge in [0.1, 0.15) is 5.69 Å². The van der Waals surface area contributed by atoms with Crippen LogP contribution in [0.2, 0.25) is 0 Å². The number of fused-ring (bicyclic) bond motifs is 1. The summed E-state index contributed by atoms with van der Waals surface area (Å²) >= 11 is 0. The highest BCUT2D eigenvalue weighted by molar-refractivity contribution is 6.38. The molecule has 1 fully saturated rings. The van der Waals surface area contributed by atoms with Crippen LogP contribution in [0.25, 0.3) is 11.0 Å². The van der Waals surface area contributed by atoms with Gasteiger partial charge in [0.2, 0.25) is 17.6 Å². The number of piperidine rings is 1.